The summed E-state index contributed by atoms with van der Waals surface area (Å²) < 4.78 is 1.02. The van der Waals surface area contributed by atoms with Crippen LogP contribution in [0.4, 0.5) is 5.69 Å². The van der Waals surface area contributed by atoms with Gasteiger partial charge in [0.15, 0.2) is 5.78 Å². The second-order valence-corrected chi connectivity index (χ2v) is 7.01. The van der Waals surface area contributed by atoms with Crippen LogP contribution in [0.1, 0.15) is 30.1 Å². The fraction of sp³-hybridized carbons (Fsp3) is 0.222. The Morgan fingerprint density at radius 3 is 2.30 bits per heavy atom. The lowest BCUT2D eigenvalue weighted by Gasteiger charge is -2.06. The minimum Gasteiger partial charge on any atom is -0.326 e. The standard InChI is InChI=1S/C18H18BrNO2S/c1-2-3-18(22)20-15-8-4-13(5-9-15)17(21)12-23-16-10-6-14(19)7-11-16/h4-11H,2-3,12H2,1H3,(H,20,22). The number of hydrogen-bond donors (Lipinski definition) is 1. The van der Waals surface area contributed by atoms with Gasteiger partial charge in [-0.15, -0.1) is 11.8 Å². The molecule has 23 heavy (non-hydrogen) atoms. The first-order valence-electron chi connectivity index (χ1n) is 7.40. The van der Waals surface area contributed by atoms with E-state index in [0.29, 0.717) is 17.7 Å². The van der Waals surface area contributed by atoms with Crippen LogP contribution in [0.2, 0.25) is 0 Å². The van der Waals surface area contributed by atoms with Gasteiger partial charge in [-0.3, -0.25) is 9.59 Å². The zero-order valence-corrected chi connectivity index (χ0v) is 15.2. The van der Waals surface area contributed by atoms with Gasteiger partial charge in [-0.2, -0.15) is 0 Å². The van der Waals surface area contributed by atoms with E-state index in [1.807, 2.05) is 31.2 Å². The van der Waals surface area contributed by atoms with E-state index in [4.69, 9.17) is 0 Å². The molecule has 0 atom stereocenters. The van der Waals surface area contributed by atoms with E-state index in [0.717, 1.165) is 21.5 Å². The Morgan fingerprint density at radius 2 is 1.70 bits per heavy atom. The van der Waals surface area contributed by atoms with Crippen LogP contribution in [0.25, 0.3) is 0 Å². The number of amides is 1. The van der Waals surface area contributed by atoms with Gasteiger partial charge in [0.05, 0.1) is 5.75 Å². The molecular weight excluding hydrogens is 374 g/mol. The molecule has 0 saturated heterocycles. The van der Waals surface area contributed by atoms with Gasteiger partial charge in [0, 0.05) is 27.0 Å². The predicted molar refractivity (Wildman–Crippen MR) is 99.2 cm³/mol. The Kier molecular flexibility index (Phi) is 6.86. The number of thioether (sulfide) groups is 1. The smallest absolute Gasteiger partial charge is 0.224 e. The van der Waals surface area contributed by atoms with Crippen molar-refractivity contribution in [3.8, 4) is 0 Å². The van der Waals surface area contributed by atoms with E-state index in [2.05, 4.69) is 21.2 Å². The average Bonchev–Trinajstić information content (AvgIpc) is 2.55. The van der Waals surface area contributed by atoms with Crippen LogP contribution >= 0.6 is 27.7 Å². The van der Waals surface area contributed by atoms with Crippen LogP contribution < -0.4 is 5.32 Å². The molecule has 120 valence electrons. The number of halogens is 1. The molecule has 0 fully saturated rings. The molecule has 0 spiro atoms. The molecule has 2 rings (SSSR count). The van der Waals surface area contributed by atoms with Crippen molar-refractivity contribution in [2.45, 2.75) is 24.7 Å². The van der Waals surface area contributed by atoms with Crippen molar-refractivity contribution in [2.24, 2.45) is 0 Å². The van der Waals surface area contributed by atoms with Crippen molar-refractivity contribution in [3.63, 3.8) is 0 Å². The van der Waals surface area contributed by atoms with Crippen molar-refractivity contribution in [3.05, 3.63) is 58.6 Å². The molecule has 3 nitrogen and oxygen atoms in total. The van der Waals surface area contributed by atoms with Crippen molar-refractivity contribution in [1.29, 1.82) is 0 Å². The van der Waals surface area contributed by atoms with Gasteiger partial charge in [0.2, 0.25) is 5.91 Å². The molecule has 1 N–H and O–H groups in total. The molecular formula is C18H18BrNO2S. The van der Waals surface area contributed by atoms with Gasteiger partial charge in [0.1, 0.15) is 0 Å². The third kappa shape index (κ3) is 5.84. The topological polar surface area (TPSA) is 46.2 Å². The maximum atomic E-state index is 12.2. The second kappa shape index (κ2) is 8.89. The lowest BCUT2D eigenvalue weighted by molar-refractivity contribution is -0.116. The largest absolute Gasteiger partial charge is 0.326 e. The Hall–Kier alpha value is -1.59. The van der Waals surface area contributed by atoms with E-state index in [1.54, 1.807) is 24.3 Å². The molecule has 0 saturated carbocycles. The zero-order chi connectivity index (χ0) is 16.7. The third-order valence-corrected chi connectivity index (χ3v) is 4.69. The number of ketones is 1. The maximum absolute atomic E-state index is 12.2. The van der Waals surface area contributed by atoms with Crippen LogP contribution in [-0.2, 0) is 4.79 Å². The minimum atomic E-state index is -0.00243. The summed E-state index contributed by atoms with van der Waals surface area (Å²) in [6.07, 6.45) is 1.32. The van der Waals surface area contributed by atoms with E-state index in [1.165, 1.54) is 11.8 Å². The first-order valence-corrected chi connectivity index (χ1v) is 9.18. The number of Topliss-reactive ketones (excluding diaryl/α,β-unsaturated/α-hetero) is 1. The molecule has 0 aliphatic heterocycles. The number of nitrogens with one attached hydrogen (secondary N) is 1. The van der Waals surface area contributed by atoms with Crippen LogP contribution in [0.3, 0.4) is 0 Å². The Bertz CT molecular complexity index is 668. The molecule has 2 aromatic carbocycles. The highest BCUT2D eigenvalue weighted by Gasteiger charge is 2.07. The highest BCUT2D eigenvalue weighted by atomic mass is 79.9. The molecule has 2 aromatic rings. The molecule has 0 aliphatic carbocycles. The summed E-state index contributed by atoms with van der Waals surface area (Å²) >= 11 is 4.90. The quantitative estimate of drug-likeness (QED) is 0.523. The SMILES string of the molecule is CCCC(=O)Nc1ccc(C(=O)CSc2ccc(Br)cc2)cc1. The van der Waals surface area contributed by atoms with Gasteiger partial charge in [-0.1, -0.05) is 22.9 Å². The summed E-state index contributed by atoms with van der Waals surface area (Å²) in [4.78, 5) is 24.8. The summed E-state index contributed by atoms with van der Waals surface area (Å²) in [5.41, 5.74) is 1.38. The van der Waals surface area contributed by atoms with Crippen molar-refractivity contribution in [1.82, 2.24) is 0 Å². The number of hydrogen-bond acceptors (Lipinski definition) is 3. The molecule has 0 radical (unpaired) electrons. The van der Waals surface area contributed by atoms with Crippen molar-refractivity contribution in [2.75, 3.05) is 11.1 Å². The molecule has 0 aromatic heterocycles. The Morgan fingerprint density at radius 1 is 1.04 bits per heavy atom. The summed E-state index contributed by atoms with van der Waals surface area (Å²) in [5.74, 6) is 0.463. The molecule has 0 aliphatic rings. The molecule has 0 heterocycles. The van der Waals surface area contributed by atoms with E-state index in [-0.39, 0.29) is 11.7 Å². The number of rotatable bonds is 7. The lowest BCUT2D eigenvalue weighted by atomic mass is 10.1. The third-order valence-electron chi connectivity index (χ3n) is 3.15. The van der Waals surface area contributed by atoms with Crippen LogP contribution in [0, 0.1) is 0 Å². The summed E-state index contributed by atoms with van der Waals surface area (Å²) in [6.45, 7) is 1.96. The summed E-state index contributed by atoms with van der Waals surface area (Å²) in [7, 11) is 0. The number of carbonyl (C=O) groups is 2. The molecule has 1 amide bonds. The first kappa shape index (κ1) is 17.8. The van der Waals surface area contributed by atoms with Gasteiger partial charge in [0.25, 0.3) is 0 Å². The van der Waals surface area contributed by atoms with Crippen molar-refractivity contribution >= 4 is 45.1 Å². The number of benzene rings is 2. The molecule has 5 heteroatoms. The maximum Gasteiger partial charge on any atom is 0.224 e. The fourth-order valence-corrected chi connectivity index (χ4v) is 3.01. The predicted octanol–water partition coefficient (Wildman–Crippen LogP) is 5.16. The lowest BCUT2D eigenvalue weighted by Crippen LogP contribution is -2.10. The van der Waals surface area contributed by atoms with Gasteiger partial charge in [-0.25, -0.2) is 0 Å². The van der Waals surface area contributed by atoms with E-state index < -0.39 is 0 Å². The molecule has 0 bridgehead atoms. The highest BCUT2D eigenvalue weighted by Crippen LogP contribution is 2.22. The van der Waals surface area contributed by atoms with Crippen LogP contribution in [-0.4, -0.2) is 17.4 Å². The van der Waals surface area contributed by atoms with Gasteiger partial charge < -0.3 is 5.32 Å². The summed E-state index contributed by atoms with van der Waals surface area (Å²) in [5, 5.41) is 2.81. The normalized spacial score (nSPS) is 10.3. The van der Waals surface area contributed by atoms with Gasteiger partial charge in [-0.05, 0) is 55.0 Å². The highest BCUT2D eigenvalue weighted by molar-refractivity contribution is 9.10. The van der Waals surface area contributed by atoms with E-state index >= 15 is 0 Å². The van der Waals surface area contributed by atoms with E-state index in [9.17, 15) is 9.59 Å². The van der Waals surface area contributed by atoms with Crippen LogP contribution in [0.15, 0.2) is 57.9 Å². The number of carbonyl (C=O) groups excluding carboxylic acids is 2. The second-order valence-electron chi connectivity index (χ2n) is 5.04. The summed E-state index contributed by atoms with van der Waals surface area (Å²) in [6, 6.07) is 14.9. The number of anilines is 1. The minimum absolute atomic E-state index is 0.00243. The van der Waals surface area contributed by atoms with Gasteiger partial charge >= 0.3 is 0 Å². The Balaban J connectivity index is 1.89. The molecule has 0 unspecified atom stereocenters. The zero-order valence-electron chi connectivity index (χ0n) is 12.8. The average molecular weight is 392 g/mol. The fourth-order valence-electron chi connectivity index (χ4n) is 1.95. The van der Waals surface area contributed by atoms with Crippen LogP contribution in [0.5, 0.6) is 0 Å². The van der Waals surface area contributed by atoms with Crippen molar-refractivity contribution < 1.29 is 9.59 Å². The monoisotopic (exact) mass is 391 g/mol. The Labute approximate surface area is 149 Å². The first-order chi connectivity index (χ1) is 11.1.